The van der Waals surface area contributed by atoms with Crippen LogP contribution in [0.4, 0.5) is 0 Å². The van der Waals surface area contributed by atoms with Gasteiger partial charge in [0.2, 0.25) is 0 Å². The summed E-state index contributed by atoms with van der Waals surface area (Å²) in [6.45, 7) is 4.32. The van der Waals surface area contributed by atoms with Crippen LogP contribution in [0.15, 0.2) is 251 Å². The van der Waals surface area contributed by atoms with Crippen LogP contribution in [0, 0.1) is 0 Å². The predicted octanol–water partition coefficient (Wildman–Crippen LogP) is 16.1. The minimum Gasteiger partial charge on any atom is -0.456 e. The van der Waals surface area contributed by atoms with E-state index in [0.717, 1.165) is 111 Å². The van der Waals surface area contributed by atoms with Crippen LogP contribution < -0.4 is 5.73 Å². The normalized spacial score (nSPS) is 12.1. The first-order valence-corrected chi connectivity index (χ1v) is 22.9. The van der Waals surface area contributed by atoms with Gasteiger partial charge in [0.15, 0.2) is 5.82 Å². The van der Waals surface area contributed by atoms with Crippen molar-refractivity contribution < 1.29 is 8.83 Å². The van der Waals surface area contributed by atoms with Crippen molar-refractivity contribution in [1.29, 1.82) is 0 Å². The van der Waals surface area contributed by atoms with E-state index in [4.69, 9.17) is 29.5 Å². The zero-order valence-corrected chi connectivity index (χ0v) is 37.4. The molecular weight excluding hydrogens is 845 g/mol. The third kappa shape index (κ3) is 8.06. The van der Waals surface area contributed by atoms with E-state index >= 15 is 0 Å². The third-order valence-corrected chi connectivity index (χ3v) is 12.6. The number of rotatable bonds is 10. The Morgan fingerprint density at radius 2 is 0.855 bits per heavy atom. The summed E-state index contributed by atoms with van der Waals surface area (Å²) in [5, 5.41) is 4.07. The van der Waals surface area contributed by atoms with Crippen molar-refractivity contribution in [3.63, 3.8) is 0 Å². The van der Waals surface area contributed by atoms with Crippen molar-refractivity contribution in [2.45, 2.75) is 0 Å². The molecule has 6 heteroatoms. The van der Waals surface area contributed by atoms with Crippen LogP contribution in [0.2, 0.25) is 0 Å². The first-order chi connectivity index (χ1) is 34.0. The number of allylic oxidation sites excluding steroid dienone is 1. The van der Waals surface area contributed by atoms with Crippen molar-refractivity contribution in [2.75, 3.05) is 0 Å². The molecule has 0 radical (unpaired) electrons. The van der Waals surface area contributed by atoms with Gasteiger partial charge < -0.3 is 14.6 Å². The van der Waals surface area contributed by atoms with E-state index in [9.17, 15) is 0 Å². The van der Waals surface area contributed by atoms with E-state index in [1.165, 1.54) is 0 Å². The van der Waals surface area contributed by atoms with Gasteiger partial charge in [-0.3, -0.25) is 0 Å². The Morgan fingerprint density at radius 3 is 1.48 bits per heavy atom. The van der Waals surface area contributed by atoms with Crippen LogP contribution in [0.3, 0.4) is 0 Å². The van der Waals surface area contributed by atoms with Crippen LogP contribution in [0.25, 0.3) is 111 Å². The van der Waals surface area contributed by atoms with Crippen molar-refractivity contribution in [3.8, 4) is 56.2 Å². The molecule has 0 atom stereocenters. The zero-order valence-electron chi connectivity index (χ0n) is 37.4. The second-order valence-electron chi connectivity index (χ2n) is 17.1. The lowest BCUT2D eigenvalue weighted by molar-refractivity contribution is 0.656. The van der Waals surface area contributed by atoms with Gasteiger partial charge in [-0.15, -0.1) is 0 Å². The Hall–Kier alpha value is -9.39. The highest BCUT2D eigenvalue weighted by atomic mass is 16.3. The Morgan fingerprint density at radius 1 is 0.391 bits per heavy atom. The summed E-state index contributed by atoms with van der Waals surface area (Å²) in [7, 11) is 0. The van der Waals surface area contributed by atoms with Gasteiger partial charge in [0.05, 0.1) is 22.8 Å². The van der Waals surface area contributed by atoms with Crippen molar-refractivity contribution in [1.82, 2.24) is 9.97 Å². The highest BCUT2D eigenvalue weighted by Gasteiger charge is 2.17. The predicted molar refractivity (Wildman–Crippen MR) is 284 cm³/mol. The number of nitrogens with zero attached hydrogens (tertiary/aromatic N) is 3. The fraction of sp³-hybridized carbons (Fsp3) is 0. The minimum atomic E-state index is 0.614. The summed E-state index contributed by atoms with van der Waals surface area (Å²) in [4.78, 5) is 15.1. The van der Waals surface area contributed by atoms with Crippen LogP contribution in [0.1, 0.15) is 16.7 Å². The number of benzene rings is 9. The third-order valence-electron chi connectivity index (χ3n) is 12.6. The number of hydrogen-bond donors (Lipinski definition) is 1. The highest BCUT2D eigenvalue weighted by molar-refractivity contribution is 6.17. The standard InChI is InChI=1S/C63H42N4O2/c1-40(41-16-6-2-7-17-41)65-56(37-55(64)42-18-8-3-9-19-42)49-26-14-24-45(32-49)47-28-30-59-51(34-47)53-36-54-52-35-48(29-31-60(52)69-62(54)39-61(53)68-59)46-25-15-27-50(33-46)58-38-57(43-20-10-4-11-21-43)66-63(67-58)44-22-12-5-13-23-44/h2-39H,1,64H2/b55-37-,65-56?. The van der Waals surface area contributed by atoms with Gasteiger partial charge in [0, 0.05) is 55.6 Å². The van der Waals surface area contributed by atoms with E-state index in [1.807, 2.05) is 127 Å². The quantitative estimate of drug-likeness (QED) is 0.138. The molecular formula is C63H42N4O2. The SMILES string of the molecule is C=C(N=C(/C=C(\N)c1ccccc1)c1cccc(-c2ccc3oc4cc5oc6ccc(-c7cccc(-c8cc(-c9ccccc9)nc(-c9ccccc9)n8)c7)cc6c5cc4c3c2)c1)c1ccccc1. The molecule has 0 aliphatic rings. The molecule has 0 saturated heterocycles. The lowest BCUT2D eigenvalue weighted by Crippen LogP contribution is -2.04. The van der Waals surface area contributed by atoms with Gasteiger partial charge in [-0.1, -0.05) is 176 Å². The first-order valence-electron chi connectivity index (χ1n) is 22.9. The average Bonchev–Trinajstić information content (AvgIpc) is 3.97. The summed E-state index contributed by atoms with van der Waals surface area (Å²) in [6.07, 6.45) is 1.93. The lowest BCUT2D eigenvalue weighted by Gasteiger charge is -2.10. The minimum absolute atomic E-state index is 0.614. The van der Waals surface area contributed by atoms with E-state index in [-0.39, 0.29) is 0 Å². The maximum Gasteiger partial charge on any atom is 0.160 e. The van der Waals surface area contributed by atoms with Crippen molar-refractivity contribution >= 4 is 61.0 Å². The van der Waals surface area contributed by atoms with Gasteiger partial charge in [-0.2, -0.15) is 0 Å². The summed E-state index contributed by atoms with van der Waals surface area (Å²) in [5.74, 6) is 0.685. The van der Waals surface area contributed by atoms with E-state index in [1.54, 1.807) is 0 Å². The highest BCUT2D eigenvalue weighted by Crippen LogP contribution is 2.40. The Balaban J connectivity index is 0.912. The maximum atomic E-state index is 6.70. The van der Waals surface area contributed by atoms with Crippen molar-refractivity contribution in [2.24, 2.45) is 10.7 Å². The van der Waals surface area contributed by atoms with Gasteiger partial charge >= 0.3 is 0 Å². The summed E-state index contributed by atoms with van der Waals surface area (Å²) < 4.78 is 13.0. The molecule has 2 N–H and O–H groups in total. The molecule has 3 heterocycles. The lowest BCUT2D eigenvalue weighted by atomic mass is 9.97. The molecule has 0 amide bonds. The van der Waals surface area contributed by atoms with Crippen LogP contribution in [-0.2, 0) is 0 Å². The van der Waals surface area contributed by atoms with Gasteiger partial charge in [-0.25, -0.2) is 15.0 Å². The summed E-state index contributed by atoms with van der Waals surface area (Å²) >= 11 is 0. The molecule has 0 fully saturated rings. The van der Waals surface area contributed by atoms with Crippen LogP contribution in [-0.4, -0.2) is 15.7 Å². The number of fused-ring (bicyclic) bond motifs is 6. The monoisotopic (exact) mass is 886 g/mol. The van der Waals surface area contributed by atoms with E-state index in [0.29, 0.717) is 22.9 Å². The molecule has 0 saturated carbocycles. The number of hydrogen-bond acceptors (Lipinski definition) is 6. The number of furan rings is 2. The molecule has 3 aromatic heterocycles. The van der Waals surface area contributed by atoms with Crippen LogP contribution in [0.5, 0.6) is 0 Å². The van der Waals surface area contributed by atoms with Crippen LogP contribution >= 0.6 is 0 Å². The first kappa shape index (κ1) is 41.1. The number of aliphatic imine (C=N–C) groups is 1. The molecule has 69 heavy (non-hydrogen) atoms. The molecule has 12 rings (SSSR count). The van der Waals surface area contributed by atoms with E-state index in [2.05, 4.69) is 110 Å². The van der Waals surface area contributed by atoms with Gasteiger partial charge in [0.25, 0.3) is 0 Å². The molecule has 0 spiro atoms. The molecule has 12 aromatic rings. The fourth-order valence-corrected chi connectivity index (χ4v) is 9.07. The Kier molecular flexibility index (Phi) is 10.4. The Labute approximate surface area is 398 Å². The second kappa shape index (κ2) is 17.4. The topological polar surface area (TPSA) is 90.4 Å². The zero-order chi connectivity index (χ0) is 46.3. The Bertz CT molecular complexity index is 3910. The van der Waals surface area contributed by atoms with Crippen molar-refractivity contribution in [3.05, 3.63) is 254 Å². The molecule has 9 aromatic carbocycles. The fourth-order valence-electron chi connectivity index (χ4n) is 9.07. The molecule has 0 aliphatic carbocycles. The van der Waals surface area contributed by atoms with Gasteiger partial charge in [0.1, 0.15) is 22.3 Å². The smallest absolute Gasteiger partial charge is 0.160 e. The average molecular weight is 887 g/mol. The largest absolute Gasteiger partial charge is 0.456 e. The molecule has 0 unspecified atom stereocenters. The maximum absolute atomic E-state index is 6.70. The number of nitrogens with two attached hydrogens (primary N) is 1. The van der Waals surface area contributed by atoms with Gasteiger partial charge in [-0.05, 0) is 88.0 Å². The number of aromatic nitrogens is 2. The summed E-state index contributed by atoms with van der Waals surface area (Å²) in [6, 6.07) is 76.3. The second-order valence-corrected chi connectivity index (χ2v) is 17.1. The molecule has 326 valence electrons. The molecule has 0 bridgehead atoms. The van der Waals surface area contributed by atoms with E-state index < -0.39 is 0 Å². The summed E-state index contributed by atoms with van der Waals surface area (Å²) in [5.41, 5.74) is 23.6. The molecule has 6 nitrogen and oxygen atoms in total. The molecule has 0 aliphatic heterocycles.